The highest BCUT2D eigenvalue weighted by Gasteiger charge is 2.41. The van der Waals surface area contributed by atoms with Crippen LogP contribution in [0.25, 0.3) is 0 Å². The molecular formula is C27H29F4N5O. The summed E-state index contributed by atoms with van der Waals surface area (Å²) in [5, 5.41) is 11.2. The average molecular weight is 516 g/mol. The van der Waals surface area contributed by atoms with Crippen molar-refractivity contribution in [1.82, 2.24) is 20.1 Å². The van der Waals surface area contributed by atoms with Crippen molar-refractivity contribution in [3.63, 3.8) is 0 Å². The number of aryl methyl sites for hydroxylation is 1. The number of amides is 1. The lowest BCUT2D eigenvalue weighted by Crippen LogP contribution is -2.47. The van der Waals surface area contributed by atoms with E-state index in [0.29, 0.717) is 22.6 Å². The Morgan fingerprint density at radius 2 is 1.95 bits per heavy atom. The number of hydrogen-bond donors (Lipinski definition) is 1. The first-order chi connectivity index (χ1) is 17.5. The van der Waals surface area contributed by atoms with E-state index in [0.717, 1.165) is 25.3 Å². The number of aromatic nitrogens is 3. The van der Waals surface area contributed by atoms with Crippen molar-refractivity contribution in [2.24, 2.45) is 7.05 Å². The maximum absolute atomic E-state index is 14.7. The summed E-state index contributed by atoms with van der Waals surface area (Å²) in [5.74, 6) is -0.832. The minimum atomic E-state index is -4.60. The molecule has 0 radical (unpaired) electrons. The second kappa shape index (κ2) is 9.24. The van der Waals surface area contributed by atoms with Gasteiger partial charge in [0.15, 0.2) is 0 Å². The molecule has 2 unspecified atom stereocenters. The Bertz CT molecular complexity index is 1330. The summed E-state index contributed by atoms with van der Waals surface area (Å²) in [4.78, 5) is 14.8. The molecule has 1 aliphatic carbocycles. The first kappa shape index (κ1) is 25.4. The molecule has 2 aromatic carbocycles. The minimum Gasteiger partial charge on any atom is -0.320 e. The predicted molar refractivity (Wildman–Crippen MR) is 131 cm³/mol. The largest absolute Gasteiger partial charge is 0.416 e. The molecule has 6 nitrogen and oxygen atoms in total. The number of nitrogens with one attached hydrogen (secondary N) is 1. The van der Waals surface area contributed by atoms with Gasteiger partial charge in [-0.05, 0) is 74.1 Å². The Morgan fingerprint density at radius 1 is 1.19 bits per heavy atom. The van der Waals surface area contributed by atoms with Crippen molar-refractivity contribution in [2.75, 3.05) is 4.90 Å². The van der Waals surface area contributed by atoms with Gasteiger partial charge in [0.1, 0.15) is 18.3 Å². The number of anilines is 1. The van der Waals surface area contributed by atoms with E-state index in [4.69, 9.17) is 0 Å². The monoisotopic (exact) mass is 515 g/mol. The van der Waals surface area contributed by atoms with Gasteiger partial charge in [-0.15, -0.1) is 10.2 Å². The summed E-state index contributed by atoms with van der Waals surface area (Å²) in [6, 6.07) is 9.40. The Kier molecular flexibility index (Phi) is 6.34. The zero-order valence-electron chi connectivity index (χ0n) is 20.9. The maximum Gasteiger partial charge on any atom is 0.416 e. The lowest BCUT2D eigenvalue weighted by molar-refractivity contribution is -0.138. The van der Waals surface area contributed by atoms with E-state index in [9.17, 15) is 22.4 Å². The molecule has 1 aliphatic heterocycles. The fourth-order valence-corrected chi connectivity index (χ4v) is 5.31. The van der Waals surface area contributed by atoms with Crippen LogP contribution in [-0.2, 0) is 26.3 Å². The van der Waals surface area contributed by atoms with Crippen molar-refractivity contribution >= 4 is 11.6 Å². The molecule has 1 aromatic heterocycles. The number of carbonyl (C=O) groups excluding carboxylic acids is 1. The summed E-state index contributed by atoms with van der Waals surface area (Å²) < 4.78 is 58.6. The first-order valence-electron chi connectivity index (χ1n) is 12.3. The van der Waals surface area contributed by atoms with Gasteiger partial charge in [0, 0.05) is 30.4 Å². The molecule has 2 atom stereocenters. The van der Waals surface area contributed by atoms with E-state index in [-0.39, 0.29) is 29.8 Å². The summed E-state index contributed by atoms with van der Waals surface area (Å²) in [6.07, 6.45) is -1.40. The Balaban J connectivity index is 1.48. The number of rotatable bonds is 7. The standard InChI is InChI=1S/C27H29F4N5O/c1-16(28)23(24-34-33-15-35(24)3)18-6-4-7-19(12-18)36-14-21-20(25(36)37)10-17(11-22(21)27(29,30)31)13-32-26(2)8-5-9-26/h4,6-7,10-12,15-16,23,32H,5,8-9,13-14H2,1-3H3. The summed E-state index contributed by atoms with van der Waals surface area (Å²) in [7, 11) is 1.71. The molecule has 196 valence electrons. The lowest BCUT2D eigenvalue weighted by atomic mass is 9.78. The number of fused-ring (bicyclic) bond motifs is 1. The molecular weight excluding hydrogens is 486 g/mol. The van der Waals surface area contributed by atoms with Crippen LogP contribution in [0.3, 0.4) is 0 Å². The normalized spacial score (nSPS) is 18.5. The van der Waals surface area contributed by atoms with E-state index >= 15 is 0 Å². The molecule has 5 rings (SSSR count). The summed E-state index contributed by atoms with van der Waals surface area (Å²) >= 11 is 0. The second-order valence-electron chi connectivity index (χ2n) is 10.4. The Hall–Kier alpha value is -3.27. The highest BCUT2D eigenvalue weighted by molar-refractivity contribution is 6.10. The van der Waals surface area contributed by atoms with Crippen molar-refractivity contribution in [3.8, 4) is 0 Å². The van der Waals surface area contributed by atoms with Gasteiger partial charge in [0.2, 0.25) is 0 Å². The molecule has 0 bridgehead atoms. The number of alkyl halides is 4. The molecule has 1 fully saturated rings. The van der Waals surface area contributed by atoms with Crippen LogP contribution in [0.2, 0.25) is 0 Å². The zero-order chi connectivity index (χ0) is 26.5. The fourth-order valence-electron chi connectivity index (χ4n) is 5.31. The van der Waals surface area contributed by atoms with E-state index in [1.165, 1.54) is 18.2 Å². The molecule has 3 aromatic rings. The third-order valence-electron chi connectivity index (χ3n) is 7.61. The molecule has 1 amide bonds. The topological polar surface area (TPSA) is 63.1 Å². The van der Waals surface area contributed by atoms with E-state index < -0.39 is 29.7 Å². The highest BCUT2D eigenvalue weighted by Crippen LogP contribution is 2.41. The van der Waals surface area contributed by atoms with Crippen LogP contribution < -0.4 is 10.2 Å². The number of nitrogens with zero attached hydrogens (tertiary/aromatic N) is 4. The van der Waals surface area contributed by atoms with E-state index in [1.807, 2.05) is 0 Å². The highest BCUT2D eigenvalue weighted by atomic mass is 19.4. The SMILES string of the molecule is CC(F)C(c1cccc(N2Cc3c(cc(CNC4(C)CCC4)cc3C(F)(F)F)C2=O)c1)c1nncn1C. The molecule has 2 heterocycles. The van der Waals surface area contributed by atoms with Crippen LogP contribution in [0.15, 0.2) is 42.7 Å². The van der Waals surface area contributed by atoms with Gasteiger partial charge in [0.25, 0.3) is 5.91 Å². The lowest BCUT2D eigenvalue weighted by Gasteiger charge is -2.39. The van der Waals surface area contributed by atoms with Crippen molar-refractivity contribution in [3.05, 3.63) is 76.4 Å². The molecule has 0 saturated heterocycles. The quantitative estimate of drug-likeness (QED) is 0.421. The van der Waals surface area contributed by atoms with Crippen molar-refractivity contribution in [1.29, 1.82) is 0 Å². The Morgan fingerprint density at radius 3 is 2.54 bits per heavy atom. The fraction of sp³-hybridized carbons (Fsp3) is 0.444. The number of hydrogen-bond acceptors (Lipinski definition) is 4. The van der Waals surface area contributed by atoms with Gasteiger partial charge in [-0.3, -0.25) is 4.79 Å². The van der Waals surface area contributed by atoms with Crippen molar-refractivity contribution in [2.45, 2.75) is 70.0 Å². The van der Waals surface area contributed by atoms with Gasteiger partial charge in [-0.2, -0.15) is 13.2 Å². The summed E-state index contributed by atoms with van der Waals surface area (Å²) in [5.41, 5.74) is 0.535. The van der Waals surface area contributed by atoms with Gasteiger partial charge in [0.05, 0.1) is 18.0 Å². The van der Waals surface area contributed by atoms with Crippen LogP contribution >= 0.6 is 0 Å². The van der Waals surface area contributed by atoms with Gasteiger partial charge in [-0.1, -0.05) is 12.1 Å². The third kappa shape index (κ3) is 4.74. The van der Waals surface area contributed by atoms with E-state index in [2.05, 4.69) is 22.4 Å². The number of carbonyl (C=O) groups is 1. The van der Waals surface area contributed by atoms with Crippen LogP contribution in [0.5, 0.6) is 0 Å². The van der Waals surface area contributed by atoms with Crippen molar-refractivity contribution < 1.29 is 22.4 Å². The molecule has 37 heavy (non-hydrogen) atoms. The zero-order valence-corrected chi connectivity index (χ0v) is 20.9. The van der Waals surface area contributed by atoms with Crippen LogP contribution in [-0.4, -0.2) is 32.4 Å². The number of benzene rings is 2. The average Bonchev–Trinajstić information content (AvgIpc) is 3.38. The second-order valence-corrected chi connectivity index (χ2v) is 10.4. The Labute approximate surface area is 212 Å². The van der Waals surface area contributed by atoms with Crippen LogP contribution in [0.1, 0.15) is 77.5 Å². The summed E-state index contributed by atoms with van der Waals surface area (Å²) in [6.45, 7) is 3.51. The van der Waals surface area contributed by atoms with Crippen LogP contribution in [0.4, 0.5) is 23.2 Å². The van der Waals surface area contributed by atoms with Gasteiger partial charge >= 0.3 is 6.18 Å². The molecule has 1 saturated carbocycles. The van der Waals surface area contributed by atoms with Gasteiger partial charge in [-0.25, -0.2) is 4.39 Å². The molecule has 2 aliphatic rings. The van der Waals surface area contributed by atoms with Crippen LogP contribution in [0, 0.1) is 0 Å². The van der Waals surface area contributed by atoms with E-state index in [1.54, 1.807) is 41.9 Å². The van der Waals surface area contributed by atoms with Gasteiger partial charge < -0.3 is 14.8 Å². The third-order valence-corrected chi connectivity index (χ3v) is 7.61. The molecule has 0 spiro atoms. The molecule has 1 N–H and O–H groups in total. The smallest absolute Gasteiger partial charge is 0.320 e. The number of halogens is 4. The minimum absolute atomic E-state index is 0.0368. The maximum atomic E-state index is 14.7. The first-order valence-corrected chi connectivity index (χ1v) is 12.3. The predicted octanol–water partition coefficient (Wildman–Crippen LogP) is 5.52. The molecule has 10 heteroatoms.